The van der Waals surface area contributed by atoms with Crippen molar-refractivity contribution in [3.8, 4) is 5.75 Å². The molecule has 1 aliphatic rings. The highest BCUT2D eigenvalue weighted by Gasteiger charge is 2.31. The van der Waals surface area contributed by atoms with E-state index < -0.39 is 9.84 Å². The molecule has 1 aliphatic heterocycles. The third kappa shape index (κ3) is 4.55. The van der Waals surface area contributed by atoms with Crippen molar-refractivity contribution < 1.29 is 17.9 Å². The van der Waals surface area contributed by atoms with E-state index in [1.165, 1.54) is 0 Å². The molecule has 2 heterocycles. The van der Waals surface area contributed by atoms with E-state index in [9.17, 15) is 13.2 Å². The summed E-state index contributed by atoms with van der Waals surface area (Å²) in [6, 6.07) is 7.46. The SMILES string of the molecule is Cc1cccc(OCC(=O)N(C)Cc2c(C)nn([C@@H]3CCS(=O)(=O)C3)c2C)c1. The molecule has 2 aromatic rings. The molecule has 1 amide bonds. The topological polar surface area (TPSA) is 81.5 Å². The molecular formula is C20H27N3O4S. The van der Waals surface area contributed by atoms with Crippen LogP contribution < -0.4 is 4.74 Å². The number of rotatable bonds is 6. The van der Waals surface area contributed by atoms with Crippen molar-refractivity contribution in [3.63, 3.8) is 0 Å². The summed E-state index contributed by atoms with van der Waals surface area (Å²) in [5.74, 6) is 0.883. The molecule has 1 fully saturated rings. The van der Waals surface area contributed by atoms with Gasteiger partial charge >= 0.3 is 0 Å². The molecule has 8 heteroatoms. The number of hydrogen-bond acceptors (Lipinski definition) is 5. The third-order valence-electron chi connectivity index (χ3n) is 5.20. The number of nitrogens with zero attached hydrogens (tertiary/aromatic N) is 3. The van der Waals surface area contributed by atoms with Crippen molar-refractivity contribution in [1.29, 1.82) is 0 Å². The van der Waals surface area contributed by atoms with E-state index in [1.54, 1.807) is 11.9 Å². The summed E-state index contributed by atoms with van der Waals surface area (Å²) < 4.78 is 31.0. The molecule has 28 heavy (non-hydrogen) atoms. The van der Waals surface area contributed by atoms with Crippen molar-refractivity contribution in [1.82, 2.24) is 14.7 Å². The normalized spacial score (nSPS) is 18.2. The quantitative estimate of drug-likeness (QED) is 0.736. The Balaban J connectivity index is 1.65. The minimum absolute atomic E-state index is 0.0347. The number of aryl methyl sites for hydroxylation is 2. The fourth-order valence-electron chi connectivity index (χ4n) is 3.54. The first kappa shape index (κ1) is 20.4. The standard InChI is InChI=1S/C20H27N3O4S/c1-14-6-5-7-18(10-14)27-12-20(24)22(4)11-19-15(2)21-23(16(19)3)17-8-9-28(25,26)13-17/h5-7,10,17H,8-9,11-13H2,1-4H3/t17-/m1/s1. The minimum Gasteiger partial charge on any atom is -0.484 e. The first-order chi connectivity index (χ1) is 13.2. The Morgan fingerprint density at radius 2 is 2.07 bits per heavy atom. The van der Waals surface area contributed by atoms with Crippen LogP contribution in [-0.4, -0.2) is 54.2 Å². The Kier molecular flexibility index (Phi) is 5.79. The lowest BCUT2D eigenvalue weighted by Gasteiger charge is -2.18. The molecule has 1 aromatic carbocycles. The van der Waals surface area contributed by atoms with Crippen molar-refractivity contribution in [2.45, 2.75) is 39.8 Å². The van der Waals surface area contributed by atoms with Crippen LogP contribution in [0.5, 0.6) is 5.75 Å². The van der Waals surface area contributed by atoms with E-state index in [0.29, 0.717) is 18.7 Å². The molecule has 1 aromatic heterocycles. The largest absolute Gasteiger partial charge is 0.484 e. The summed E-state index contributed by atoms with van der Waals surface area (Å²) in [5.41, 5.74) is 3.77. The summed E-state index contributed by atoms with van der Waals surface area (Å²) >= 11 is 0. The second-order valence-corrected chi connectivity index (χ2v) is 9.73. The highest BCUT2D eigenvalue weighted by atomic mass is 32.2. The van der Waals surface area contributed by atoms with Crippen LogP contribution in [0.2, 0.25) is 0 Å². The fraction of sp³-hybridized carbons (Fsp3) is 0.500. The van der Waals surface area contributed by atoms with E-state index in [1.807, 2.05) is 49.7 Å². The Morgan fingerprint density at radius 3 is 2.71 bits per heavy atom. The monoisotopic (exact) mass is 405 g/mol. The zero-order chi connectivity index (χ0) is 20.5. The van der Waals surface area contributed by atoms with E-state index in [0.717, 1.165) is 22.5 Å². The first-order valence-corrected chi connectivity index (χ1v) is 11.2. The lowest BCUT2D eigenvalue weighted by molar-refractivity contribution is -0.132. The Bertz CT molecular complexity index is 981. The van der Waals surface area contributed by atoms with Crippen LogP contribution in [0.25, 0.3) is 0 Å². The number of likely N-dealkylation sites (N-methyl/N-ethyl adjacent to an activating group) is 1. The highest BCUT2D eigenvalue weighted by Crippen LogP contribution is 2.27. The average molecular weight is 406 g/mol. The van der Waals surface area contributed by atoms with Gasteiger partial charge in [0.2, 0.25) is 0 Å². The Labute approximate surface area is 166 Å². The summed E-state index contributed by atoms with van der Waals surface area (Å²) in [6.07, 6.45) is 0.586. The molecule has 0 bridgehead atoms. The predicted molar refractivity (Wildman–Crippen MR) is 107 cm³/mol. The number of carbonyl (C=O) groups is 1. The van der Waals surface area contributed by atoms with Gasteiger partial charge in [0.1, 0.15) is 5.75 Å². The van der Waals surface area contributed by atoms with Gasteiger partial charge in [0.05, 0.1) is 23.2 Å². The van der Waals surface area contributed by atoms with Crippen molar-refractivity contribution >= 4 is 15.7 Å². The summed E-state index contributed by atoms with van der Waals surface area (Å²) in [4.78, 5) is 14.1. The van der Waals surface area contributed by atoms with Crippen LogP contribution in [0.3, 0.4) is 0 Å². The van der Waals surface area contributed by atoms with Crippen molar-refractivity contribution in [2.24, 2.45) is 0 Å². The zero-order valence-corrected chi connectivity index (χ0v) is 17.6. The number of sulfone groups is 1. The van der Waals surface area contributed by atoms with E-state index in [-0.39, 0.29) is 30.1 Å². The second-order valence-electron chi connectivity index (χ2n) is 7.51. The number of aromatic nitrogens is 2. The number of benzene rings is 1. The first-order valence-electron chi connectivity index (χ1n) is 9.35. The second kappa shape index (κ2) is 7.95. The van der Waals surface area contributed by atoms with Crippen LogP contribution in [-0.2, 0) is 21.2 Å². The van der Waals surface area contributed by atoms with Gasteiger partial charge in [-0.2, -0.15) is 5.10 Å². The van der Waals surface area contributed by atoms with Crippen molar-refractivity contribution in [2.75, 3.05) is 25.2 Å². The molecule has 0 radical (unpaired) electrons. The summed E-state index contributed by atoms with van der Waals surface area (Å²) in [7, 11) is -1.24. The molecular weight excluding hydrogens is 378 g/mol. The van der Waals surface area contributed by atoms with E-state index in [4.69, 9.17) is 4.74 Å². The Morgan fingerprint density at radius 1 is 1.32 bits per heavy atom. The summed E-state index contributed by atoms with van der Waals surface area (Å²) in [5, 5.41) is 4.56. The molecule has 1 saturated heterocycles. The van der Waals surface area contributed by atoms with Gasteiger partial charge in [0.25, 0.3) is 5.91 Å². The Hall–Kier alpha value is -2.35. The van der Waals surface area contributed by atoms with Crippen molar-refractivity contribution in [3.05, 3.63) is 46.8 Å². The lowest BCUT2D eigenvalue weighted by Crippen LogP contribution is -2.31. The smallest absolute Gasteiger partial charge is 0.260 e. The van der Waals surface area contributed by atoms with Crippen LogP contribution in [0, 0.1) is 20.8 Å². The average Bonchev–Trinajstić information content (AvgIpc) is 3.13. The van der Waals surface area contributed by atoms with Gasteiger partial charge in [-0.15, -0.1) is 0 Å². The minimum atomic E-state index is -2.98. The lowest BCUT2D eigenvalue weighted by atomic mass is 10.1. The molecule has 0 saturated carbocycles. The van der Waals surface area contributed by atoms with Gasteiger partial charge in [-0.25, -0.2) is 8.42 Å². The van der Waals surface area contributed by atoms with E-state index in [2.05, 4.69) is 5.10 Å². The number of amides is 1. The molecule has 0 aliphatic carbocycles. The highest BCUT2D eigenvalue weighted by molar-refractivity contribution is 7.91. The van der Waals surface area contributed by atoms with Crippen LogP contribution in [0.4, 0.5) is 0 Å². The predicted octanol–water partition coefficient (Wildman–Crippen LogP) is 2.21. The molecule has 0 spiro atoms. The molecule has 0 unspecified atom stereocenters. The van der Waals surface area contributed by atoms with Crippen LogP contribution in [0.1, 0.15) is 35.0 Å². The third-order valence-corrected chi connectivity index (χ3v) is 6.95. The molecule has 3 rings (SSSR count). The van der Waals surface area contributed by atoms with Crippen LogP contribution >= 0.6 is 0 Å². The number of carbonyl (C=O) groups excluding carboxylic acids is 1. The maximum Gasteiger partial charge on any atom is 0.260 e. The fourth-order valence-corrected chi connectivity index (χ4v) is 5.23. The zero-order valence-electron chi connectivity index (χ0n) is 16.8. The maximum absolute atomic E-state index is 12.5. The van der Waals surface area contributed by atoms with Gasteiger partial charge in [-0.3, -0.25) is 9.48 Å². The van der Waals surface area contributed by atoms with Gasteiger partial charge in [0, 0.05) is 24.8 Å². The summed E-state index contributed by atoms with van der Waals surface area (Å²) in [6.45, 7) is 6.17. The molecule has 7 nitrogen and oxygen atoms in total. The maximum atomic E-state index is 12.5. The number of hydrogen-bond donors (Lipinski definition) is 0. The van der Waals surface area contributed by atoms with E-state index >= 15 is 0 Å². The number of ether oxygens (including phenoxy) is 1. The van der Waals surface area contributed by atoms with Gasteiger partial charge in [-0.1, -0.05) is 12.1 Å². The van der Waals surface area contributed by atoms with Crippen LogP contribution in [0.15, 0.2) is 24.3 Å². The van der Waals surface area contributed by atoms with Gasteiger partial charge < -0.3 is 9.64 Å². The molecule has 1 atom stereocenters. The van der Waals surface area contributed by atoms with Gasteiger partial charge in [-0.05, 0) is 44.9 Å². The molecule has 152 valence electrons. The molecule has 0 N–H and O–H groups in total. The van der Waals surface area contributed by atoms with Gasteiger partial charge in [0.15, 0.2) is 16.4 Å².